The summed E-state index contributed by atoms with van der Waals surface area (Å²) in [4.78, 5) is 35.4. The second-order valence-corrected chi connectivity index (χ2v) is 5.13. The van der Waals surface area contributed by atoms with E-state index < -0.39 is 11.9 Å². The molecule has 0 bridgehead atoms. The predicted molar refractivity (Wildman–Crippen MR) is 69.5 cm³/mol. The Balaban J connectivity index is 2.58. The maximum Gasteiger partial charge on any atom is 0.308 e. The molecule has 0 unspecified atom stereocenters. The summed E-state index contributed by atoms with van der Waals surface area (Å²) in [6.45, 7) is 1.36. The number of nitrogens with zero attached hydrogens (tertiary/aromatic N) is 1. The third-order valence-corrected chi connectivity index (χ3v) is 3.60. The molecule has 1 aliphatic carbocycles. The van der Waals surface area contributed by atoms with Crippen molar-refractivity contribution in [2.75, 3.05) is 13.6 Å². The van der Waals surface area contributed by atoms with Crippen molar-refractivity contribution in [2.45, 2.75) is 45.1 Å². The van der Waals surface area contributed by atoms with E-state index in [4.69, 9.17) is 0 Å². The van der Waals surface area contributed by atoms with E-state index in [1.54, 1.807) is 7.05 Å². The minimum atomic E-state index is -0.855. The number of amides is 2. The summed E-state index contributed by atoms with van der Waals surface area (Å²) in [5, 5.41) is 12.0. The zero-order valence-corrected chi connectivity index (χ0v) is 11.5. The van der Waals surface area contributed by atoms with Crippen LogP contribution in [-0.2, 0) is 14.4 Å². The number of nitrogens with one attached hydrogen (secondary N) is 1. The van der Waals surface area contributed by atoms with Gasteiger partial charge in [0, 0.05) is 20.0 Å². The number of rotatable bonds is 4. The Hall–Kier alpha value is -1.59. The minimum Gasteiger partial charge on any atom is -0.481 e. The molecule has 108 valence electrons. The van der Waals surface area contributed by atoms with E-state index in [1.807, 2.05) is 0 Å². The highest BCUT2D eigenvalue weighted by molar-refractivity contribution is 5.84. The van der Waals surface area contributed by atoms with Crippen molar-refractivity contribution in [2.24, 2.45) is 5.92 Å². The standard InChI is InChI=1S/C13H22N2O4/c1-9(16)15(2)8-12(17)14-11-7-5-3-4-6-10(11)13(18)19/h10-11H,3-8H2,1-2H3,(H,14,17)(H,18,19)/t10-,11+/m1/s1. The highest BCUT2D eigenvalue weighted by Crippen LogP contribution is 2.23. The van der Waals surface area contributed by atoms with Gasteiger partial charge in [-0.3, -0.25) is 14.4 Å². The third kappa shape index (κ3) is 4.89. The summed E-state index contributed by atoms with van der Waals surface area (Å²) in [5.74, 6) is -1.86. The summed E-state index contributed by atoms with van der Waals surface area (Å²) in [5.41, 5.74) is 0. The Morgan fingerprint density at radius 1 is 1.21 bits per heavy atom. The zero-order chi connectivity index (χ0) is 14.4. The van der Waals surface area contributed by atoms with Gasteiger partial charge in [-0.05, 0) is 12.8 Å². The number of carboxylic acid groups (broad SMARTS) is 1. The van der Waals surface area contributed by atoms with Crippen molar-refractivity contribution >= 4 is 17.8 Å². The summed E-state index contributed by atoms with van der Waals surface area (Å²) >= 11 is 0. The number of aliphatic carboxylic acids is 1. The van der Waals surface area contributed by atoms with Crippen molar-refractivity contribution < 1.29 is 19.5 Å². The second-order valence-electron chi connectivity index (χ2n) is 5.13. The van der Waals surface area contributed by atoms with Crippen LogP contribution in [0, 0.1) is 5.92 Å². The van der Waals surface area contributed by atoms with Gasteiger partial charge in [-0.25, -0.2) is 0 Å². The fraction of sp³-hybridized carbons (Fsp3) is 0.769. The Bertz CT molecular complexity index is 357. The van der Waals surface area contributed by atoms with Crippen LogP contribution in [0.3, 0.4) is 0 Å². The Morgan fingerprint density at radius 2 is 1.84 bits per heavy atom. The largest absolute Gasteiger partial charge is 0.481 e. The molecule has 0 aliphatic heterocycles. The van der Waals surface area contributed by atoms with Crippen molar-refractivity contribution in [3.05, 3.63) is 0 Å². The first kappa shape index (κ1) is 15.5. The van der Waals surface area contributed by atoms with E-state index in [-0.39, 0.29) is 24.4 Å². The molecule has 2 amide bonds. The Labute approximate surface area is 113 Å². The molecule has 0 aromatic carbocycles. The van der Waals surface area contributed by atoms with Crippen LogP contribution in [0.25, 0.3) is 0 Å². The number of carbonyl (C=O) groups is 3. The summed E-state index contributed by atoms with van der Waals surface area (Å²) in [6.07, 6.45) is 4.10. The van der Waals surface area contributed by atoms with E-state index in [2.05, 4.69) is 5.32 Å². The van der Waals surface area contributed by atoms with Crippen LogP contribution in [0.5, 0.6) is 0 Å². The number of carboxylic acids is 1. The molecule has 2 atom stereocenters. The van der Waals surface area contributed by atoms with Gasteiger partial charge in [0.2, 0.25) is 11.8 Å². The quantitative estimate of drug-likeness (QED) is 0.733. The van der Waals surface area contributed by atoms with Gasteiger partial charge in [0.15, 0.2) is 0 Å². The molecule has 0 heterocycles. The molecule has 6 nitrogen and oxygen atoms in total. The number of hydrogen-bond donors (Lipinski definition) is 2. The van der Waals surface area contributed by atoms with Gasteiger partial charge >= 0.3 is 5.97 Å². The topological polar surface area (TPSA) is 86.7 Å². The Kier molecular flexibility index (Phi) is 5.79. The lowest BCUT2D eigenvalue weighted by atomic mass is 9.95. The van der Waals surface area contributed by atoms with E-state index >= 15 is 0 Å². The van der Waals surface area contributed by atoms with Gasteiger partial charge in [0.05, 0.1) is 12.5 Å². The molecular formula is C13H22N2O4. The molecule has 0 aromatic heterocycles. The first-order valence-electron chi connectivity index (χ1n) is 6.65. The van der Waals surface area contributed by atoms with E-state index in [1.165, 1.54) is 11.8 Å². The molecule has 2 N–H and O–H groups in total. The highest BCUT2D eigenvalue weighted by atomic mass is 16.4. The molecule has 1 rings (SSSR count). The molecule has 0 saturated heterocycles. The van der Waals surface area contributed by atoms with Gasteiger partial charge in [-0.2, -0.15) is 0 Å². The molecule has 0 aromatic rings. The average molecular weight is 270 g/mol. The fourth-order valence-electron chi connectivity index (χ4n) is 2.36. The van der Waals surface area contributed by atoms with Crippen LogP contribution in [0.2, 0.25) is 0 Å². The van der Waals surface area contributed by atoms with Crippen LogP contribution in [0.4, 0.5) is 0 Å². The molecule has 1 fully saturated rings. The van der Waals surface area contributed by atoms with Crippen LogP contribution in [0.1, 0.15) is 39.0 Å². The van der Waals surface area contributed by atoms with Gasteiger partial charge in [-0.1, -0.05) is 19.3 Å². The van der Waals surface area contributed by atoms with Crippen LogP contribution < -0.4 is 5.32 Å². The summed E-state index contributed by atoms with van der Waals surface area (Å²) < 4.78 is 0. The van der Waals surface area contributed by atoms with Crippen molar-refractivity contribution in [3.63, 3.8) is 0 Å². The fourth-order valence-corrected chi connectivity index (χ4v) is 2.36. The van der Waals surface area contributed by atoms with Crippen molar-refractivity contribution in [3.8, 4) is 0 Å². The summed E-state index contributed by atoms with van der Waals surface area (Å²) in [7, 11) is 1.55. The van der Waals surface area contributed by atoms with Gasteiger partial charge in [0.25, 0.3) is 0 Å². The first-order valence-corrected chi connectivity index (χ1v) is 6.65. The zero-order valence-electron chi connectivity index (χ0n) is 11.5. The molecule has 19 heavy (non-hydrogen) atoms. The van der Waals surface area contributed by atoms with Gasteiger partial charge < -0.3 is 15.3 Å². The Morgan fingerprint density at radius 3 is 2.42 bits per heavy atom. The van der Waals surface area contributed by atoms with Crippen LogP contribution >= 0.6 is 0 Å². The number of hydrogen-bond acceptors (Lipinski definition) is 3. The lowest BCUT2D eigenvalue weighted by molar-refractivity contribution is -0.143. The van der Waals surface area contributed by atoms with Gasteiger partial charge in [0.1, 0.15) is 0 Å². The van der Waals surface area contributed by atoms with Crippen molar-refractivity contribution in [1.29, 1.82) is 0 Å². The lowest BCUT2D eigenvalue weighted by Gasteiger charge is -2.24. The summed E-state index contributed by atoms with van der Waals surface area (Å²) in [6, 6.07) is -0.326. The predicted octanol–water partition coefficient (Wildman–Crippen LogP) is 0.614. The maximum atomic E-state index is 11.8. The second kappa shape index (κ2) is 7.11. The lowest BCUT2D eigenvalue weighted by Crippen LogP contribution is -2.46. The van der Waals surface area contributed by atoms with E-state index in [9.17, 15) is 19.5 Å². The smallest absolute Gasteiger partial charge is 0.308 e. The normalized spacial score (nSPS) is 23.3. The maximum absolute atomic E-state index is 11.8. The van der Waals surface area contributed by atoms with Crippen LogP contribution in [-0.4, -0.2) is 47.4 Å². The van der Waals surface area contributed by atoms with E-state index in [0.29, 0.717) is 12.8 Å². The number of likely N-dealkylation sites (N-methyl/N-ethyl adjacent to an activating group) is 1. The molecule has 1 aliphatic rings. The molecule has 0 radical (unpaired) electrons. The molecule has 0 spiro atoms. The minimum absolute atomic E-state index is 0.0296. The SMILES string of the molecule is CC(=O)N(C)CC(=O)N[C@H]1CCCCC[C@H]1C(=O)O. The first-order chi connectivity index (χ1) is 8.91. The average Bonchev–Trinajstić information content (AvgIpc) is 2.54. The molecule has 1 saturated carbocycles. The van der Waals surface area contributed by atoms with E-state index in [0.717, 1.165) is 19.3 Å². The number of carbonyl (C=O) groups excluding carboxylic acids is 2. The molecular weight excluding hydrogens is 248 g/mol. The van der Waals surface area contributed by atoms with Crippen LogP contribution in [0.15, 0.2) is 0 Å². The molecule has 6 heteroatoms. The van der Waals surface area contributed by atoms with Gasteiger partial charge in [-0.15, -0.1) is 0 Å². The van der Waals surface area contributed by atoms with Crippen molar-refractivity contribution in [1.82, 2.24) is 10.2 Å². The third-order valence-electron chi connectivity index (χ3n) is 3.60. The highest BCUT2D eigenvalue weighted by Gasteiger charge is 2.30. The monoisotopic (exact) mass is 270 g/mol.